The van der Waals surface area contributed by atoms with Crippen LogP contribution in [0.2, 0.25) is 0 Å². The Labute approximate surface area is 124 Å². The predicted molar refractivity (Wildman–Crippen MR) is 81.6 cm³/mol. The van der Waals surface area contributed by atoms with Gasteiger partial charge in [-0.15, -0.1) is 10.2 Å². The molecule has 104 valence electrons. The number of aromatic nitrogens is 1. The van der Waals surface area contributed by atoms with Crippen molar-refractivity contribution in [3.05, 3.63) is 58.1 Å². The van der Waals surface area contributed by atoms with E-state index in [4.69, 9.17) is 0 Å². The Morgan fingerprint density at radius 3 is 2.62 bits per heavy atom. The first-order valence-corrected chi connectivity index (χ1v) is 6.93. The van der Waals surface area contributed by atoms with E-state index in [1.165, 1.54) is 23.7 Å². The smallest absolute Gasteiger partial charge is 0.258 e. The summed E-state index contributed by atoms with van der Waals surface area (Å²) in [4.78, 5) is 10.4. The molecule has 0 N–H and O–H groups in total. The van der Waals surface area contributed by atoms with Gasteiger partial charge in [-0.25, -0.2) is 0 Å². The summed E-state index contributed by atoms with van der Waals surface area (Å²) in [6.45, 7) is 2.00. The third kappa shape index (κ3) is 2.77. The van der Waals surface area contributed by atoms with E-state index in [0.717, 1.165) is 11.3 Å². The number of hydrogen-bond donors (Lipinski definition) is 0. The Balaban J connectivity index is 1.98. The summed E-state index contributed by atoms with van der Waals surface area (Å²) in [6.07, 6.45) is 0. The Morgan fingerprint density at radius 2 is 1.90 bits per heavy atom. The third-order valence-electron chi connectivity index (χ3n) is 2.94. The average Bonchev–Trinajstić information content (AvgIpc) is 2.89. The van der Waals surface area contributed by atoms with E-state index in [-0.39, 0.29) is 5.69 Å². The number of nitro benzene ring substituents is 1. The van der Waals surface area contributed by atoms with Crippen LogP contribution in [0.15, 0.2) is 52.7 Å². The minimum Gasteiger partial charge on any atom is -0.258 e. The van der Waals surface area contributed by atoms with Gasteiger partial charge >= 0.3 is 0 Å². The number of aryl methyl sites for hydroxylation is 1. The van der Waals surface area contributed by atoms with E-state index in [9.17, 15) is 10.1 Å². The second-order valence-corrected chi connectivity index (χ2v) is 5.23. The first-order chi connectivity index (χ1) is 10.1. The molecule has 1 aromatic heterocycles. The highest BCUT2D eigenvalue weighted by molar-refractivity contribution is 7.11. The van der Waals surface area contributed by atoms with Gasteiger partial charge in [-0.1, -0.05) is 17.7 Å². The molecule has 0 amide bonds. The Bertz CT molecular complexity index is 840. The molecule has 0 saturated carbocycles. The molecule has 0 bridgehead atoms. The van der Waals surface area contributed by atoms with Gasteiger partial charge in [0, 0.05) is 17.5 Å². The normalized spacial score (nSPS) is 11.3. The fraction of sp³-hybridized carbons (Fsp3) is 0.0714. The van der Waals surface area contributed by atoms with E-state index in [1.807, 2.05) is 31.2 Å². The van der Waals surface area contributed by atoms with Gasteiger partial charge in [0.2, 0.25) is 0 Å². The molecule has 0 unspecified atom stereocenters. The minimum atomic E-state index is -0.433. The fourth-order valence-electron chi connectivity index (χ4n) is 1.82. The van der Waals surface area contributed by atoms with Crippen LogP contribution in [0.1, 0.15) is 5.56 Å². The quantitative estimate of drug-likeness (QED) is 0.390. The summed E-state index contributed by atoms with van der Waals surface area (Å²) in [7, 11) is 0. The van der Waals surface area contributed by atoms with Crippen LogP contribution >= 0.6 is 11.5 Å². The first-order valence-electron chi connectivity index (χ1n) is 6.16. The lowest BCUT2D eigenvalue weighted by molar-refractivity contribution is -0.384. The topological polar surface area (TPSA) is 80.8 Å². The van der Waals surface area contributed by atoms with Gasteiger partial charge in [-0.3, -0.25) is 10.1 Å². The Hall–Kier alpha value is -2.67. The van der Waals surface area contributed by atoms with Crippen molar-refractivity contribution in [1.29, 1.82) is 0 Å². The van der Waals surface area contributed by atoms with E-state index in [1.54, 1.807) is 6.07 Å². The van der Waals surface area contributed by atoms with Gasteiger partial charge in [0.1, 0.15) is 0 Å². The number of non-ortho nitro benzene ring substituents is 1. The van der Waals surface area contributed by atoms with Crippen LogP contribution in [-0.4, -0.2) is 9.30 Å². The zero-order chi connectivity index (χ0) is 14.8. The highest BCUT2D eigenvalue weighted by Crippen LogP contribution is 2.34. The van der Waals surface area contributed by atoms with Gasteiger partial charge < -0.3 is 0 Å². The van der Waals surface area contributed by atoms with Crippen molar-refractivity contribution in [2.24, 2.45) is 10.2 Å². The van der Waals surface area contributed by atoms with E-state index >= 15 is 0 Å². The molecule has 0 spiro atoms. The molecule has 1 heterocycles. The van der Waals surface area contributed by atoms with Gasteiger partial charge in [-0.2, -0.15) is 4.37 Å². The van der Waals surface area contributed by atoms with Gasteiger partial charge in [-0.05, 0) is 36.7 Å². The van der Waals surface area contributed by atoms with E-state index in [2.05, 4.69) is 14.6 Å². The predicted octanol–water partition coefficient (Wildman–Crippen LogP) is 4.93. The number of rotatable bonds is 3. The van der Waals surface area contributed by atoms with Crippen LogP contribution in [0.3, 0.4) is 0 Å². The molecule has 21 heavy (non-hydrogen) atoms. The molecular formula is C14H10N4O2S. The summed E-state index contributed by atoms with van der Waals surface area (Å²) in [5, 5.41) is 20.3. The van der Waals surface area contributed by atoms with Gasteiger partial charge in [0.05, 0.1) is 16.1 Å². The maximum Gasteiger partial charge on any atom is 0.270 e. The monoisotopic (exact) mass is 298 g/mol. The maximum atomic E-state index is 10.8. The number of hydrogen-bond acceptors (Lipinski definition) is 6. The number of benzene rings is 2. The second-order valence-electron chi connectivity index (χ2n) is 4.48. The minimum absolute atomic E-state index is 0.0227. The summed E-state index contributed by atoms with van der Waals surface area (Å²) in [5.74, 6) is 0. The van der Waals surface area contributed by atoms with Crippen LogP contribution in [0.4, 0.5) is 16.4 Å². The van der Waals surface area contributed by atoms with Crippen molar-refractivity contribution in [2.45, 2.75) is 6.92 Å². The van der Waals surface area contributed by atoms with Gasteiger partial charge in [0.15, 0.2) is 5.00 Å². The molecule has 7 heteroatoms. The number of nitro groups is 1. The molecule has 0 aliphatic heterocycles. The fourth-order valence-corrected chi connectivity index (χ4v) is 2.50. The molecule has 0 radical (unpaired) electrons. The van der Waals surface area contributed by atoms with Crippen LogP contribution in [0.5, 0.6) is 0 Å². The van der Waals surface area contributed by atoms with Gasteiger partial charge in [0.25, 0.3) is 5.69 Å². The molecule has 3 rings (SSSR count). The first kappa shape index (κ1) is 13.3. The molecule has 6 nitrogen and oxygen atoms in total. The molecule has 0 fully saturated rings. The van der Waals surface area contributed by atoms with Crippen LogP contribution in [-0.2, 0) is 0 Å². The van der Waals surface area contributed by atoms with Crippen molar-refractivity contribution >= 4 is 38.8 Å². The zero-order valence-corrected chi connectivity index (χ0v) is 11.9. The molecule has 2 aromatic carbocycles. The van der Waals surface area contributed by atoms with Crippen LogP contribution in [0.25, 0.3) is 10.9 Å². The lowest BCUT2D eigenvalue weighted by Gasteiger charge is -1.94. The highest BCUT2D eigenvalue weighted by Gasteiger charge is 2.11. The largest absolute Gasteiger partial charge is 0.270 e. The van der Waals surface area contributed by atoms with Crippen LogP contribution in [0, 0.1) is 17.0 Å². The standard InChI is InChI=1S/C14H10N4O2S/c1-9-2-4-10(5-3-9)15-16-14-12-8-11(18(19)20)6-7-13(12)17-21-14/h2-8H,1H3. The summed E-state index contributed by atoms with van der Waals surface area (Å²) < 4.78 is 4.21. The number of nitrogens with zero attached hydrogens (tertiary/aromatic N) is 4. The van der Waals surface area contributed by atoms with Crippen molar-refractivity contribution in [2.75, 3.05) is 0 Å². The second kappa shape index (κ2) is 5.37. The lowest BCUT2D eigenvalue weighted by atomic mass is 10.2. The zero-order valence-electron chi connectivity index (χ0n) is 11.1. The molecule has 0 aliphatic rings. The molecule has 0 aliphatic carbocycles. The van der Waals surface area contributed by atoms with Crippen molar-refractivity contribution in [1.82, 2.24) is 4.37 Å². The Kier molecular flexibility index (Phi) is 3.41. The molecular weight excluding hydrogens is 288 g/mol. The lowest BCUT2D eigenvalue weighted by Crippen LogP contribution is -1.86. The van der Waals surface area contributed by atoms with Crippen molar-refractivity contribution in [3.8, 4) is 0 Å². The van der Waals surface area contributed by atoms with Crippen molar-refractivity contribution in [3.63, 3.8) is 0 Å². The summed E-state index contributed by atoms with van der Waals surface area (Å²) in [6, 6.07) is 12.2. The molecule has 3 aromatic rings. The maximum absolute atomic E-state index is 10.8. The van der Waals surface area contributed by atoms with E-state index < -0.39 is 4.92 Å². The number of fused-ring (bicyclic) bond motifs is 1. The third-order valence-corrected chi connectivity index (χ3v) is 3.70. The summed E-state index contributed by atoms with van der Waals surface area (Å²) in [5.41, 5.74) is 2.58. The van der Waals surface area contributed by atoms with Crippen LogP contribution < -0.4 is 0 Å². The Morgan fingerprint density at radius 1 is 1.14 bits per heavy atom. The average molecular weight is 298 g/mol. The number of azo groups is 1. The van der Waals surface area contributed by atoms with E-state index in [0.29, 0.717) is 15.9 Å². The highest BCUT2D eigenvalue weighted by atomic mass is 32.1. The molecule has 0 saturated heterocycles. The SMILES string of the molecule is Cc1ccc(N=Nc2snc3ccc([N+](=O)[O-])cc23)cc1. The molecule has 0 atom stereocenters. The summed E-state index contributed by atoms with van der Waals surface area (Å²) >= 11 is 1.17. The van der Waals surface area contributed by atoms with Crippen molar-refractivity contribution < 1.29 is 4.92 Å².